The van der Waals surface area contributed by atoms with Crippen molar-refractivity contribution < 1.29 is 32.7 Å². The molecule has 0 bridgehead atoms. The summed E-state index contributed by atoms with van der Waals surface area (Å²) in [6.07, 6.45) is 2.76. The minimum Gasteiger partial charge on any atom is -0.467 e. The highest BCUT2D eigenvalue weighted by Crippen LogP contribution is 2.25. The highest BCUT2D eigenvalue weighted by molar-refractivity contribution is 7.98. The van der Waals surface area contributed by atoms with Crippen LogP contribution in [0.5, 0.6) is 0 Å². The molecule has 0 spiro atoms. The first-order valence-corrected chi connectivity index (χ1v) is 12.9. The largest absolute Gasteiger partial charge is 0.467 e. The summed E-state index contributed by atoms with van der Waals surface area (Å²) < 4.78 is 32.5. The average molecular weight is 514 g/mol. The maximum atomic E-state index is 14.1. The average Bonchev–Trinajstić information content (AvgIpc) is 3.15. The van der Waals surface area contributed by atoms with Crippen LogP contribution in [-0.2, 0) is 30.5 Å². The van der Waals surface area contributed by atoms with Crippen molar-refractivity contribution in [3.8, 4) is 0 Å². The van der Waals surface area contributed by atoms with Crippen LogP contribution >= 0.6 is 11.8 Å². The summed E-state index contributed by atoms with van der Waals surface area (Å²) in [4.78, 5) is 51.5. The van der Waals surface area contributed by atoms with Gasteiger partial charge in [0.15, 0.2) is 11.6 Å². The van der Waals surface area contributed by atoms with Crippen molar-refractivity contribution in [2.24, 2.45) is 5.92 Å². The van der Waals surface area contributed by atoms with Crippen molar-refractivity contribution in [3.05, 3.63) is 35.4 Å². The quantitative estimate of drug-likeness (QED) is 0.416. The molecular formula is C24H33F2N3O5S. The van der Waals surface area contributed by atoms with Gasteiger partial charge in [0, 0.05) is 31.0 Å². The summed E-state index contributed by atoms with van der Waals surface area (Å²) in [7, 11) is 1.24. The molecule has 8 nitrogen and oxygen atoms in total. The summed E-state index contributed by atoms with van der Waals surface area (Å²) in [5.41, 5.74) is 0.0317. The lowest BCUT2D eigenvalue weighted by Crippen LogP contribution is -2.54. The van der Waals surface area contributed by atoms with Gasteiger partial charge < -0.3 is 20.3 Å². The maximum Gasteiger partial charge on any atom is 0.328 e. The van der Waals surface area contributed by atoms with Crippen molar-refractivity contribution in [1.29, 1.82) is 0 Å². The summed E-state index contributed by atoms with van der Waals surface area (Å²) in [6, 6.07) is 1.51. The molecule has 0 radical (unpaired) electrons. The fourth-order valence-corrected chi connectivity index (χ4v) is 4.42. The van der Waals surface area contributed by atoms with Gasteiger partial charge in [0.25, 0.3) is 0 Å². The van der Waals surface area contributed by atoms with E-state index in [2.05, 4.69) is 10.6 Å². The molecular weight excluding hydrogens is 480 g/mol. The molecule has 194 valence electrons. The Labute approximate surface area is 208 Å². The number of carbonyl (C=O) groups excluding carboxylic acids is 4. The fourth-order valence-electron chi connectivity index (χ4n) is 3.95. The van der Waals surface area contributed by atoms with E-state index in [9.17, 15) is 28.0 Å². The van der Waals surface area contributed by atoms with E-state index in [0.717, 1.165) is 6.07 Å². The standard InChI is InChI=1S/C24H33F2N3O5S/c1-14(2)22(23(32)27-18(10-11-35-4)24(33)34-3)28-19(30)12-16-8-9-20(31)29(16)13-15-6-5-7-17(25)21(15)26/h5-7,14,16,18,22H,8-13H2,1-4H3,(H,27,32)(H,28,30)/t16-,18-,22-/m0/s1. The van der Waals surface area contributed by atoms with Crippen LogP contribution in [0, 0.1) is 17.6 Å². The predicted molar refractivity (Wildman–Crippen MR) is 128 cm³/mol. The van der Waals surface area contributed by atoms with Gasteiger partial charge in [-0.3, -0.25) is 14.4 Å². The van der Waals surface area contributed by atoms with Gasteiger partial charge in [0.1, 0.15) is 12.1 Å². The molecule has 0 aliphatic carbocycles. The van der Waals surface area contributed by atoms with Crippen molar-refractivity contribution in [2.75, 3.05) is 19.1 Å². The van der Waals surface area contributed by atoms with Crippen LogP contribution < -0.4 is 10.6 Å². The summed E-state index contributed by atoms with van der Waals surface area (Å²) >= 11 is 1.53. The lowest BCUT2D eigenvalue weighted by molar-refractivity contribution is -0.145. The van der Waals surface area contributed by atoms with Crippen LogP contribution in [0.15, 0.2) is 18.2 Å². The van der Waals surface area contributed by atoms with E-state index < -0.39 is 47.5 Å². The molecule has 1 aromatic rings. The van der Waals surface area contributed by atoms with Crippen molar-refractivity contribution in [2.45, 2.75) is 64.2 Å². The monoisotopic (exact) mass is 513 g/mol. The number of rotatable bonds is 12. The van der Waals surface area contributed by atoms with E-state index in [4.69, 9.17) is 4.74 Å². The third kappa shape index (κ3) is 7.91. The molecule has 0 unspecified atom stereocenters. The molecule has 1 fully saturated rings. The molecule has 1 heterocycles. The Morgan fingerprint density at radius 1 is 1.23 bits per heavy atom. The van der Waals surface area contributed by atoms with Crippen LogP contribution in [0.1, 0.15) is 45.1 Å². The van der Waals surface area contributed by atoms with E-state index in [1.165, 1.54) is 35.9 Å². The number of carbonyl (C=O) groups is 4. The molecule has 35 heavy (non-hydrogen) atoms. The normalized spacial score (nSPS) is 17.3. The van der Waals surface area contributed by atoms with Gasteiger partial charge in [-0.2, -0.15) is 11.8 Å². The maximum absolute atomic E-state index is 14.1. The molecule has 1 aliphatic rings. The molecule has 0 aromatic heterocycles. The zero-order valence-corrected chi connectivity index (χ0v) is 21.3. The lowest BCUT2D eigenvalue weighted by Gasteiger charge is -2.27. The summed E-state index contributed by atoms with van der Waals surface area (Å²) in [6.45, 7) is 3.38. The SMILES string of the molecule is COC(=O)[C@H](CCSC)NC(=O)[C@@H](NC(=O)C[C@@H]1CCC(=O)N1Cc1cccc(F)c1F)C(C)C. The minimum atomic E-state index is -1.02. The molecule has 3 atom stereocenters. The van der Waals surface area contributed by atoms with Crippen molar-refractivity contribution in [3.63, 3.8) is 0 Å². The topological polar surface area (TPSA) is 105 Å². The number of amides is 3. The van der Waals surface area contributed by atoms with Crippen LogP contribution in [0.3, 0.4) is 0 Å². The molecule has 1 aromatic carbocycles. The lowest BCUT2D eigenvalue weighted by atomic mass is 10.0. The number of esters is 1. The van der Waals surface area contributed by atoms with Crippen molar-refractivity contribution >= 4 is 35.5 Å². The van der Waals surface area contributed by atoms with Crippen LogP contribution in [-0.4, -0.2) is 65.8 Å². The van der Waals surface area contributed by atoms with E-state index in [-0.39, 0.29) is 36.8 Å². The fraction of sp³-hybridized carbons (Fsp3) is 0.583. The number of ether oxygens (including phenoxy) is 1. The van der Waals surface area contributed by atoms with E-state index in [1.54, 1.807) is 13.8 Å². The molecule has 0 saturated carbocycles. The van der Waals surface area contributed by atoms with Gasteiger partial charge in [0.2, 0.25) is 17.7 Å². The van der Waals surface area contributed by atoms with Gasteiger partial charge in [0.05, 0.1) is 7.11 Å². The third-order valence-electron chi connectivity index (χ3n) is 5.92. The van der Waals surface area contributed by atoms with Crippen LogP contribution in [0.25, 0.3) is 0 Å². The molecule has 1 saturated heterocycles. The second kappa shape index (κ2) is 13.4. The van der Waals surface area contributed by atoms with Gasteiger partial charge in [-0.05, 0) is 36.8 Å². The Kier molecular flexibility index (Phi) is 10.9. The number of nitrogens with zero attached hydrogens (tertiary/aromatic N) is 1. The second-order valence-electron chi connectivity index (χ2n) is 8.79. The zero-order chi connectivity index (χ0) is 26.1. The summed E-state index contributed by atoms with van der Waals surface area (Å²) in [5, 5.41) is 5.36. The molecule has 2 N–H and O–H groups in total. The molecule has 11 heteroatoms. The Balaban J connectivity index is 2.05. The minimum absolute atomic E-state index is 0.0317. The number of nitrogens with one attached hydrogen (secondary N) is 2. The number of methoxy groups -OCH3 is 1. The molecule has 2 rings (SSSR count). The van der Waals surface area contributed by atoms with Crippen LogP contribution in [0.2, 0.25) is 0 Å². The zero-order valence-electron chi connectivity index (χ0n) is 20.4. The van der Waals surface area contributed by atoms with E-state index >= 15 is 0 Å². The first-order chi connectivity index (χ1) is 16.6. The Morgan fingerprint density at radius 2 is 1.94 bits per heavy atom. The number of hydrogen-bond donors (Lipinski definition) is 2. The van der Waals surface area contributed by atoms with E-state index in [1.807, 2.05) is 6.26 Å². The highest BCUT2D eigenvalue weighted by Gasteiger charge is 2.35. The third-order valence-corrected chi connectivity index (χ3v) is 6.57. The van der Waals surface area contributed by atoms with Gasteiger partial charge in [-0.15, -0.1) is 0 Å². The smallest absolute Gasteiger partial charge is 0.328 e. The van der Waals surface area contributed by atoms with Gasteiger partial charge in [-0.1, -0.05) is 26.0 Å². The number of benzene rings is 1. The van der Waals surface area contributed by atoms with Gasteiger partial charge >= 0.3 is 5.97 Å². The predicted octanol–water partition coefficient (Wildman–Crippen LogP) is 2.40. The number of thioether (sulfide) groups is 1. The number of halogens is 2. The number of likely N-dealkylation sites (tertiary alicyclic amines) is 1. The Hall–Kier alpha value is -2.69. The summed E-state index contributed by atoms with van der Waals surface area (Å²) in [5.74, 6) is -3.44. The van der Waals surface area contributed by atoms with Gasteiger partial charge in [-0.25, -0.2) is 13.6 Å². The second-order valence-corrected chi connectivity index (χ2v) is 9.77. The number of hydrogen-bond acceptors (Lipinski definition) is 6. The van der Waals surface area contributed by atoms with E-state index in [0.29, 0.717) is 18.6 Å². The molecule has 1 aliphatic heterocycles. The first kappa shape index (κ1) is 28.5. The van der Waals surface area contributed by atoms with Crippen LogP contribution in [0.4, 0.5) is 8.78 Å². The molecule has 3 amide bonds. The van der Waals surface area contributed by atoms with Crippen molar-refractivity contribution in [1.82, 2.24) is 15.5 Å². The Morgan fingerprint density at radius 3 is 2.57 bits per heavy atom. The highest BCUT2D eigenvalue weighted by atomic mass is 32.2. The Bertz CT molecular complexity index is 930. The first-order valence-electron chi connectivity index (χ1n) is 11.5.